The van der Waals surface area contributed by atoms with Crippen LogP contribution in [0.25, 0.3) is 6.08 Å². The summed E-state index contributed by atoms with van der Waals surface area (Å²) in [6, 6.07) is 13.0. The molecule has 0 radical (unpaired) electrons. The quantitative estimate of drug-likeness (QED) is 0.207. The number of allylic oxidation sites excluding steroid dienone is 1. The van der Waals surface area contributed by atoms with Crippen LogP contribution in [-0.2, 0) is 0 Å². The summed E-state index contributed by atoms with van der Waals surface area (Å²) >= 11 is 0. The lowest BCUT2D eigenvalue weighted by molar-refractivity contribution is 0.104. The molecule has 3 rings (SSSR count). The molecule has 2 aromatic rings. The maximum Gasteiger partial charge on any atom is 0.231 e. The summed E-state index contributed by atoms with van der Waals surface area (Å²) in [4.78, 5) is 12.4. The number of unbranched alkanes of at least 4 members (excludes halogenated alkanes) is 7. The lowest BCUT2D eigenvalue weighted by Crippen LogP contribution is -1.99. The van der Waals surface area contributed by atoms with E-state index in [2.05, 4.69) is 6.92 Å². The number of hydrogen-bond acceptors (Lipinski definition) is 4. The average Bonchev–Trinajstić information content (AvgIpc) is 3.25. The van der Waals surface area contributed by atoms with E-state index in [1.165, 1.54) is 44.9 Å². The molecule has 0 N–H and O–H groups in total. The Balaban J connectivity index is 1.37. The first-order chi connectivity index (χ1) is 14.8. The van der Waals surface area contributed by atoms with Gasteiger partial charge in [-0.2, -0.15) is 0 Å². The van der Waals surface area contributed by atoms with Gasteiger partial charge in [0.25, 0.3) is 0 Å². The van der Waals surface area contributed by atoms with E-state index in [9.17, 15) is 4.79 Å². The van der Waals surface area contributed by atoms with Gasteiger partial charge >= 0.3 is 0 Å². The van der Waals surface area contributed by atoms with Crippen LogP contribution in [0, 0.1) is 0 Å². The van der Waals surface area contributed by atoms with Crippen molar-refractivity contribution < 1.29 is 19.0 Å². The Bertz CT molecular complexity index is 823. The van der Waals surface area contributed by atoms with Gasteiger partial charge in [0, 0.05) is 5.56 Å². The van der Waals surface area contributed by atoms with E-state index in [0.29, 0.717) is 11.3 Å². The van der Waals surface area contributed by atoms with Crippen molar-refractivity contribution in [3.63, 3.8) is 0 Å². The van der Waals surface area contributed by atoms with Crippen LogP contribution in [0.1, 0.15) is 74.2 Å². The predicted molar refractivity (Wildman–Crippen MR) is 120 cm³/mol. The Morgan fingerprint density at radius 1 is 0.900 bits per heavy atom. The highest BCUT2D eigenvalue weighted by molar-refractivity contribution is 6.06. The highest BCUT2D eigenvalue weighted by atomic mass is 16.7. The first-order valence-corrected chi connectivity index (χ1v) is 11.1. The average molecular weight is 409 g/mol. The Morgan fingerprint density at radius 3 is 2.37 bits per heavy atom. The third kappa shape index (κ3) is 6.94. The lowest BCUT2D eigenvalue weighted by Gasteiger charge is -2.07. The van der Waals surface area contributed by atoms with E-state index >= 15 is 0 Å². The van der Waals surface area contributed by atoms with Crippen LogP contribution >= 0.6 is 0 Å². The van der Waals surface area contributed by atoms with Crippen molar-refractivity contribution in [2.45, 2.75) is 58.3 Å². The molecule has 2 aromatic carbocycles. The number of ether oxygens (including phenoxy) is 3. The van der Waals surface area contributed by atoms with E-state index < -0.39 is 0 Å². The summed E-state index contributed by atoms with van der Waals surface area (Å²) in [7, 11) is 0. The molecule has 0 saturated carbocycles. The van der Waals surface area contributed by atoms with Gasteiger partial charge in [-0.25, -0.2) is 0 Å². The summed E-state index contributed by atoms with van der Waals surface area (Å²) in [5.74, 6) is 2.22. The minimum atomic E-state index is -0.0395. The normalized spacial score (nSPS) is 12.4. The molecule has 160 valence electrons. The summed E-state index contributed by atoms with van der Waals surface area (Å²) in [5.41, 5.74) is 1.55. The topological polar surface area (TPSA) is 44.8 Å². The Morgan fingerprint density at radius 2 is 1.60 bits per heavy atom. The molecule has 0 fully saturated rings. The zero-order valence-electron chi connectivity index (χ0n) is 17.9. The van der Waals surface area contributed by atoms with Gasteiger partial charge in [-0.05, 0) is 54.5 Å². The molecule has 4 heteroatoms. The molecule has 0 bridgehead atoms. The standard InChI is InChI=1S/C26H32O4/c1-2-3-4-5-6-7-8-9-18-28-23-14-12-22(13-15-23)24(27)16-10-21-11-17-25-26(19-21)30-20-29-25/h10-17,19H,2-9,18,20H2,1H3/b16-10+. The van der Waals surface area contributed by atoms with Gasteiger partial charge in [-0.1, -0.05) is 64.0 Å². The minimum Gasteiger partial charge on any atom is -0.494 e. The van der Waals surface area contributed by atoms with Crippen LogP contribution in [-0.4, -0.2) is 19.2 Å². The summed E-state index contributed by atoms with van der Waals surface area (Å²) in [6.45, 7) is 3.22. The molecule has 0 atom stereocenters. The van der Waals surface area contributed by atoms with E-state index in [0.717, 1.165) is 30.1 Å². The van der Waals surface area contributed by atoms with Crippen molar-refractivity contribution in [3.8, 4) is 17.2 Å². The molecule has 0 aromatic heterocycles. The maximum atomic E-state index is 12.4. The molecular weight excluding hydrogens is 376 g/mol. The molecule has 30 heavy (non-hydrogen) atoms. The van der Waals surface area contributed by atoms with Crippen LogP contribution in [0.15, 0.2) is 48.5 Å². The molecule has 4 nitrogen and oxygen atoms in total. The van der Waals surface area contributed by atoms with Gasteiger partial charge in [0.1, 0.15) is 5.75 Å². The van der Waals surface area contributed by atoms with Crippen LogP contribution in [0.5, 0.6) is 17.2 Å². The van der Waals surface area contributed by atoms with Crippen LogP contribution in [0.3, 0.4) is 0 Å². The van der Waals surface area contributed by atoms with E-state index in [1.807, 2.05) is 42.5 Å². The summed E-state index contributed by atoms with van der Waals surface area (Å²) in [6.07, 6.45) is 13.7. The highest BCUT2D eigenvalue weighted by Gasteiger charge is 2.12. The summed E-state index contributed by atoms with van der Waals surface area (Å²) in [5, 5.41) is 0. The van der Waals surface area contributed by atoms with Gasteiger partial charge in [0.05, 0.1) is 6.61 Å². The molecule has 0 spiro atoms. The zero-order valence-corrected chi connectivity index (χ0v) is 17.9. The third-order valence-electron chi connectivity index (χ3n) is 5.23. The maximum absolute atomic E-state index is 12.4. The molecule has 0 amide bonds. The number of fused-ring (bicyclic) bond motifs is 1. The number of benzene rings is 2. The van der Waals surface area contributed by atoms with Crippen LogP contribution < -0.4 is 14.2 Å². The molecule has 1 aliphatic rings. The van der Waals surface area contributed by atoms with Crippen LogP contribution in [0.2, 0.25) is 0 Å². The zero-order chi connectivity index (χ0) is 21.0. The molecule has 0 saturated heterocycles. The van der Waals surface area contributed by atoms with Crippen molar-refractivity contribution >= 4 is 11.9 Å². The Kier molecular flexibility index (Phi) is 8.82. The molecule has 0 unspecified atom stereocenters. The number of ketones is 1. The molecular formula is C26H32O4. The molecule has 1 aliphatic heterocycles. The largest absolute Gasteiger partial charge is 0.494 e. The Labute approximate surface area is 179 Å². The molecule has 0 aliphatic carbocycles. The fourth-order valence-electron chi connectivity index (χ4n) is 3.43. The number of hydrogen-bond donors (Lipinski definition) is 0. The SMILES string of the molecule is CCCCCCCCCCOc1ccc(C(=O)/C=C/c2ccc3c(c2)OCO3)cc1. The molecule has 1 heterocycles. The minimum absolute atomic E-state index is 0.0395. The van der Waals surface area contributed by atoms with Crippen molar-refractivity contribution in [1.29, 1.82) is 0 Å². The van der Waals surface area contributed by atoms with E-state index in [4.69, 9.17) is 14.2 Å². The lowest BCUT2D eigenvalue weighted by atomic mass is 10.1. The van der Waals surface area contributed by atoms with Gasteiger partial charge in [-0.15, -0.1) is 0 Å². The van der Waals surface area contributed by atoms with Crippen LogP contribution in [0.4, 0.5) is 0 Å². The van der Waals surface area contributed by atoms with E-state index in [1.54, 1.807) is 12.2 Å². The fourth-order valence-corrected chi connectivity index (χ4v) is 3.43. The smallest absolute Gasteiger partial charge is 0.231 e. The second-order valence-corrected chi connectivity index (χ2v) is 7.66. The van der Waals surface area contributed by atoms with Gasteiger partial charge in [0.2, 0.25) is 6.79 Å². The number of carbonyl (C=O) groups is 1. The monoisotopic (exact) mass is 408 g/mol. The highest BCUT2D eigenvalue weighted by Crippen LogP contribution is 2.32. The van der Waals surface area contributed by atoms with Crippen molar-refractivity contribution in [2.75, 3.05) is 13.4 Å². The summed E-state index contributed by atoms with van der Waals surface area (Å²) < 4.78 is 16.5. The first-order valence-electron chi connectivity index (χ1n) is 11.1. The second kappa shape index (κ2) is 12.1. The predicted octanol–water partition coefficient (Wildman–Crippen LogP) is 6.83. The second-order valence-electron chi connectivity index (χ2n) is 7.66. The van der Waals surface area contributed by atoms with E-state index in [-0.39, 0.29) is 12.6 Å². The number of rotatable bonds is 13. The van der Waals surface area contributed by atoms with Gasteiger partial charge in [-0.3, -0.25) is 4.79 Å². The van der Waals surface area contributed by atoms with Crippen molar-refractivity contribution in [3.05, 3.63) is 59.7 Å². The first kappa shape index (κ1) is 21.9. The van der Waals surface area contributed by atoms with Gasteiger partial charge < -0.3 is 14.2 Å². The Hall–Kier alpha value is -2.75. The fraction of sp³-hybridized carbons (Fsp3) is 0.423. The van der Waals surface area contributed by atoms with Gasteiger partial charge in [0.15, 0.2) is 17.3 Å². The van der Waals surface area contributed by atoms with Crippen molar-refractivity contribution in [1.82, 2.24) is 0 Å². The third-order valence-corrected chi connectivity index (χ3v) is 5.23. The number of carbonyl (C=O) groups excluding carboxylic acids is 1. The van der Waals surface area contributed by atoms with Crippen molar-refractivity contribution in [2.24, 2.45) is 0 Å².